The molecule has 0 radical (unpaired) electrons. The molecule has 1 fully saturated rings. The van der Waals surface area contributed by atoms with Gasteiger partial charge in [-0.2, -0.15) is 0 Å². The van der Waals surface area contributed by atoms with Crippen LogP contribution in [0.2, 0.25) is 5.02 Å². The average molecular weight is 385 g/mol. The molecule has 2 aromatic carbocycles. The number of anilines is 1. The van der Waals surface area contributed by atoms with E-state index in [9.17, 15) is 9.18 Å². The summed E-state index contributed by atoms with van der Waals surface area (Å²) in [4.78, 5) is 22.9. The molecular weight excluding hydrogens is 367 g/mol. The number of nitrogens with two attached hydrogens (primary N) is 1. The Balaban J connectivity index is 1.88. The minimum absolute atomic E-state index is 0.236. The number of rotatable bonds is 3. The maximum atomic E-state index is 14.3. The van der Waals surface area contributed by atoms with Crippen LogP contribution in [0.25, 0.3) is 22.3 Å². The number of halogens is 2. The summed E-state index contributed by atoms with van der Waals surface area (Å²) in [5.41, 5.74) is 6.52. The molecule has 2 heterocycles. The van der Waals surface area contributed by atoms with Crippen molar-refractivity contribution in [1.29, 1.82) is 0 Å². The molecule has 4 rings (SSSR count). The first kappa shape index (κ1) is 17.7. The summed E-state index contributed by atoms with van der Waals surface area (Å²) in [6, 6.07) is 11.7. The summed E-state index contributed by atoms with van der Waals surface area (Å²) in [5, 5.41) is 1.34. The number of aromatic nitrogens is 2. The summed E-state index contributed by atoms with van der Waals surface area (Å²) in [7, 11) is 0. The van der Waals surface area contributed by atoms with Gasteiger partial charge in [-0.15, -0.1) is 0 Å². The lowest BCUT2D eigenvalue weighted by Gasteiger charge is -2.33. The minimum atomic E-state index is -0.384. The van der Waals surface area contributed by atoms with Gasteiger partial charge >= 0.3 is 0 Å². The van der Waals surface area contributed by atoms with Crippen LogP contribution in [0.4, 0.5) is 10.2 Å². The van der Waals surface area contributed by atoms with Gasteiger partial charge in [0.15, 0.2) is 5.82 Å². The van der Waals surface area contributed by atoms with Crippen LogP contribution in [0, 0.1) is 11.7 Å². The number of primary amides is 1. The molecule has 0 saturated carbocycles. The van der Waals surface area contributed by atoms with Crippen LogP contribution in [0.1, 0.15) is 12.8 Å². The molecule has 5 nitrogen and oxygen atoms in total. The Morgan fingerprint density at radius 1 is 1.22 bits per heavy atom. The number of piperidine rings is 1. The second-order valence-corrected chi connectivity index (χ2v) is 7.14. The quantitative estimate of drug-likeness (QED) is 0.745. The molecule has 2 N–H and O–H groups in total. The smallest absolute Gasteiger partial charge is 0.222 e. The Morgan fingerprint density at radius 3 is 2.81 bits per heavy atom. The van der Waals surface area contributed by atoms with Gasteiger partial charge in [0.2, 0.25) is 5.91 Å². The van der Waals surface area contributed by atoms with Crippen LogP contribution in [-0.4, -0.2) is 29.0 Å². The lowest BCUT2D eigenvalue weighted by atomic mass is 9.97. The van der Waals surface area contributed by atoms with Crippen molar-refractivity contribution in [3.05, 3.63) is 53.3 Å². The number of benzene rings is 2. The van der Waals surface area contributed by atoms with E-state index in [-0.39, 0.29) is 17.6 Å². The summed E-state index contributed by atoms with van der Waals surface area (Å²) < 4.78 is 14.3. The third-order valence-corrected chi connectivity index (χ3v) is 5.11. The van der Waals surface area contributed by atoms with Crippen LogP contribution in [0.15, 0.2) is 42.5 Å². The number of carbonyl (C=O) groups is 1. The third-order valence-electron chi connectivity index (χ3n) is 4.88. The molecule has 1 aromatic heterocycles. The van der Waals surface area contributed by atoms with Gasteiger partial charge in [0.25, 0.3) is 0 Å². The van der Waals surface area contributed by atoms with E-state index in [1.54, 1.807) is 36.4 Å². The Bertz CT molecular complexity index is 1030. The molecule has 1 amide bonds. The molecule has 1 aliphatic rings. The predicted molar refractivity (Wildman–Crippen MR) is 104 cm³/mol. The number of nitrogens with zero attached hydrogens (tertiary/aromatic N) is 3. The fourth-order valence-electron chi connectivity index (χ4n) is 3.49. The second kappa shape index (κ2) is 7.12. The molecule has 0 bridgehead atoms. The highest BCUT2D eigenvalue weighted by Gasteiger charge is 2.26. The normalized spacial score (nSPS) is 17.3. The van der Waals surface area contributed by atoms with E-state index < -0.39 is 0 Å². The van der Waals surface area contributed by atoms with Crippen molar-refractivity contribution in [2.75, 3.05) is 18.0 Å². The Morgan fingerprint density at radius 2 is 2.04 bits per heavy atom. The van der Waals surface area contributed by atoms with E-state index >= 15 is 0 Å². The van der Waals surface area contributed by atoms with Crippen molar-refractivity contribution in [1.82, 2.24) is 9.97 Å². The van der Waals surface area contributed by atoms with Crippen LogP contribution < -0.4 is 10.6 Å². The number of hydrogen-bond donors (Lipinski definition) is 1. The first-order valence-corrected chi connectivity index (χ1v) is 9.17. The molecule has 7 heteroatoms. The van der Waals surface area contributed by atoms with Crippen LogP contribution in [0.5, 0.6) is 0 Å². The Hall–Kier alpha value is -2.73. The zero-order valence-electron chi connectivity index (χ0n) is 14.5. The number of hydrogen-bond acceptors (Lipinski definition) is 4. The summed E-state index contributed by atoms with van der Waals surface area (Å²) in [6.07, 6.45) is 1.59. The van der Waals surface area contributed by atoms with Crippen molar-refractivity contribution in [3.8, 4) is 11.4 Å². The highest BCUT2D eigenvalue weighted by atomic mass is 35.5. The highest BCUT2D eigenvalue weighted by molar-refractivity contribution is 6.31. The van der Waals surface area contributed by atoms with Gasteiger partial charge in [-0.25, -0.2) is 14.4 Å². The van der Waals surface area contributed by atoms with Crippen molar-refractivity contribution in [2.45, 2.75) is 12.8 Å². The molecule has 138 valence electrons. The summed E-state index contributed by atoms with van der Waals surface area (Å²) >= 11 is 6.18. The fourth-order valence-corrected chi connectivity index (χ4v) is 3.66. The first-order chi connectivity index (χ1) is 13.0. The van der Waals surface area contributed by atoms with Gasteiger partial charge in [-0.1, -0.05) is 23.7 Å². The number of carbonyl (C=O) groups excluding carboxylic acids is 1. The van der Waals surface area contributed by atoms with Crippen molar-refractivity contribution >= 4 is 34.2 Å². The number of amides is 1. The van der Waals surface area contributed by atoms with Gasteiger partial charge in [0.05, 0.1) is 17.0 Å². The van der Waals surface area contributed by atoms with E-state index in [2.05, 4.69) is 9.97 Å². The molecule has 0 spiro atoms. The average Bonchev–Trinajstić information content (AvgIpc) is 2.67. The van der Waals surface area contributed by atoms with E-state index in [4.69, 9.17) is 17.3 Å². The van der Waals surface area contributed by atoms with Gasteiger partial charge in [-0.3, -0.25) is 4.79 Å². The largest absolute Gasteiger partial charge is 0.369 e. The van der Waals surface area contributed by atoms with E-state index in [1.165, 1.54) is 6.07 Å². The predicted octanol–water partition coefficient (Wildman–Crippen LogP) is 3.79. The highest BCUT2D eigenvalue weighted by Crippen LogP contribution is 2.32. The molecule has 27 heavy (non-hydrogen) atoms. The first-order valence-electron chi connectivity index (χ1n) is 8.79. The van der Waals surface area contributed by atoms with Gasteiger partial charge in [-0.05, 0) is 43.2 Å². The van der Waals surface area contributed by atoms with E-state index in [0.29, 0.717) is 34.3 Å². The molecule has 1 unspecified atom stereocenters. The Labute approximate surface area is 161 Å². The molecule has 3 aromatic rings. The van der Waals surface area contributed by atoms with Crippen molar-refractivity contribution in [2.24, 2.45) is 11.7 Å². The van der Waals surface area contributed by atoms with Gasteiger partial charge in [0, 0.05) is 23.5 Å². The number of fused-ring (bicyclic) bond motifs is 1. The maximum absolute atomic E-state index is 14.3. The summed E-state index contributed by atoms with van der Waals surface area (Å²) in [6.45, 7) is 1.21. The standard InChI is InChI=1S/C20H18ClFN4O/c21-13-7-8-17-15(10-13)20(26-9-3-4-12(11-26)18(23)27)25-19(24-17)14-5-1-2-6-16(14)22/h1-2,5-8,10,12H,3-4,9,11H2,(H2,23,27). The molecular formula is C20H18ClFN4O. The molecule has 1 atom stereocenters. The SMILES string of the molecule is NC(=O)C1CCCN(c2nc(-c3ccccc3F)nc3ccc(Cl)cc23)C1. The molecule has 1 saturated heterocycles. The zero-order chi connectivity index (χ0) is 19.0. The van der Waals surface area contributed by atoms with Gasteiger partial charge < -0.3 is 10.6 Å². The fraction of sp³-hybridized carbons (Fsp3) is 0.250. The monoisotopic (exact) mass is 384 g/mol. The third kappa shape index (κ3) is 3.45. The van der Waals surface area contributed by atoms with Gasteiger partial charge in [0.1, 0.15) is 11.6 Å². The Kier molecular flexibility index (Phi) is 4.66. The summed E-state index contributed by atoms with van der Waals surface area (Å²) in [5.74, 6) is 0.0153. The molecule has 0 aliphatic carbocycles. The van der Waals surface area contributed by atoms with E-state index in [0.717, 1.165) is 24.8 Å². The minimum Gasteiger partial charge on any atom is -0.369 e. The van der Waals surface area contributed by atoms with E-state index in [1.807, 2.05) is 4.90 Å². The second-order valence-electron chi connectivity index (χ2n) is 6.70. The van der Waals surface area contributed by atoms with Crippen LogP contribution >= 0.6 is 11.6 Å². The molecule has 1 aliphatic heterocycles. The maximum Gasteiger partial charge on any atom is 0.222 e. The topological polar surface area (TPSA) is 72.1 Å². The van der Waals surface area contributed by atoms with Crippen LogP contribution in [0.3, 0.4) is 0 Å². The lowest BCUT2D eigenvalue weighted by Crippen LogP contribution is -2.41. The van der Waals surface area contributed by atoms with Crippen molar-refractivity contribution in [3.63, 3.8) is 0 Å². The van der Waals surface area contributed by atoms with Crippen molar-refractivity contribution < 1.29 is 9.18 Å². The zero-order valence-corrected chi connectivity index (χ0v) is 15.3. The lowest BCUT2D eigenvalue weighted by molar-refractivity contribution is -0.122. The van der Waals surface area contributed by atoms with Crippen LogP contribution in [-0.2, 0) is 4.79 Å².